The maximum absolute atomic E-state index is 12.8. The van der Waals surface area contributed by atoms with Crippen LogP contribution >= 0.6 is 0 Å². The van der Waals surface area contributed by atoms with E-state index in [9.17, 15) is 9.90 Å². The number of carbonyl (C=O) groups excluding carboxylic acids is 1. The van der Waals surface area contributed by atoms with Crippen LogP contribution in [0.5, 0.6) is 0 Å². The number of nitrogens with zero attached hydrogens (tertiary/aromatic N) is 5. The first-order valence-electron chi connectivity index (χ1n) is 10.7. The number of aromatic nitrogens is 4. The number of aliphatic hydroxyl groups is 1. The van der Waals surface area contributed by atoms with Crippen molar-refractivity contribution >= 4 is 17.7 Å². The summed E-state index contributed by atoms with van der Waals surface area (Å²) in [7, 11) is 0. The number of benzene rings is 1. The van der Waals surface area contributed by atoms with Crippen LogP contribution in [-0.4, -0.2) is 42.2 Å². The largest absolute Gasteiger partial charge is 0.389 e. The van der Waals surface area contributed by atoms with Crippen LogP contribution in [0.15, 0.2) is 54.0 Å². The molecule has 174 valence electrons. The van der Waals surface area contributed by atoms with Gasteiger partial charge in [0.25, 0.3) is 5.91 Å². The number of nitrogen functional groups attached to an aromatic ring is 1. The SMILES string of the molecule is CC(C)C(C)(C(N)=NC(=O)c1cnn(CC(C)(C)O)c1)c1ccc(-c2cnc(N)nc2)cc1. The fraction of sp³-hybridized carbons (Fsp3) is 0.375. The lowest BCUT2D eigenvalue weighted by atomic mass is 9.72. The monoisotopic (exact) mass is 449 g/mol. The lowest BCUT2D eigenvalue weighted by Gasteiger charge is -2.33. The molecule has 0 fully saturated rings. The molecule has 0 aliphatic rings. The third-order valence-corrected chi connectivity index (χ3v) is 5.83. The molecule has 5 N–H and O–H groups in total. The van der Waals surface area contributed by atoms with E-state index in [1.54, 1.807) is 32.4 Å². The van der Waals surface area contributed by atoms with Gasteiger partial charge in [-0.05, 0) is 37.8 Å². The summed E-state index contributed by atoms with van der Waals surface area (Å²) in [5, 5.41) is 14.1. The van der Waals surface area contributed by atoms with E-state index in [0.29, 0.717) is 5.56 Å². The summed E-state index contributed by atoms with van der Waals surface area (Å²) in [5.74, 6) is 0.0398. The number of carbonyl (C=O) groups is 1. The molecule has 3 aromatic rings. The van der Waals surface area contributed by atoms with E-state index in [2.05, 4.69) is 20.1 Å². The Morgan fingerprint density at radius 1 is 1.09 bits per heavy atom. The molecule has 0 aliphatic carbocycles. The molecule has 1 atom stereocenters. The van der Waals surface area contributed by atoms with Crippen LogP contribution in [0, 0.1) is 5.92 Å². The average Bonchev–Trinajstić information content (AvgIpc) is 3.20. The molecule has 1 aromatic carbocycles. The second-order valence-corrected chi connectivity index (χ2v) is 9.31. The van der Waals surface area contributed by atoms with Gasteiger partial charge >= 0.3 is 0 Å². The molecule has 1 amide bonds. The molecule has 1 unspecified atom stereocenters. The average molecular weight is 450 g/mol. The van der Waals surface area contributed by atoms with Crippen molar-refractivity contribution in [3.63, 3.8) is 0 Å². The summed E-state index contributed by atoms with van der Waals surface area (Å²) >= 11 is 0. The highest BCUT2D eigenvalue weighted by Crippen LogP contribution is 2.34. The van der Waals surface area contributed by atoms with Crippen LogP contribution in [0.2, 0.25) is 0 Å². The Bertz CT molecular complexity index is 1140. The highest BCUT2D eigenvalue weighted by Gasteiger charge is 2.35. The molecule has 9 heteroatoms. The Balaban J connectivity index is 1.88. The molecule has 0 bridgehead atoms. The first kappa shape index (κ1) is 24.1. The third-order valence-electron chi connectivity index (χ3n) is 5.83. The molecule has 2 heterocycles. The number of hydrogen-bond acceptors (Lipinski definition) is 6. The van der Waals surface area contributed by atoms with Crippen LogP contribution in [0.4, 0.5) is 5.95 Å². The van der Waals surface area contributed by atoms with Crippen molar-refractivity contribution in [3.05, 3.63) is 60.2 Å². The zero-order valence-electron chi connectivity index (χ0n) is 19.6. The van der Waals surface area contributed by atoms with E-state index in [4.69, 9.17) is 11.5 Å². The number of rotatable bonds is 7. The quantitative estimate of drug-likeness (QED) is 0.371. The van der Waals surface area contributed by atoms with Crippen LogP contribution in [0.25, 0.3) is 11.1 Å². The molecule has 0 saturated carbocycles. The summed E-state index contributed by atoms with van der Waals surface area (Å²) in [6.45, 7) is 9.65. The highest BCUT2D eigenvalue weighted by molar-refractivity contribution is 6.05. The zero-order valence-corrected chi connectivity index (χ0v) is 19.6. The van der Waals surface area contributed by atoms with Gasteiger partial charge in [-0.3, -0.25) is 9.48 Å². The lowest BCUT2D eigenvalue weighted by Crippen LogP contribution is -2.43. The van der Waals surface area contributed by atoms with Crippen molar-refractivity contribution in [1.82, 2.24) is 19.7 Å². The Labute approximate surface area is 193 Å². The molecule has 0 spiro atoms. The number of nitrogens with two attached hydrogens (primary N) is 2. The highest BCUT2D eigenvalue weighted by atomic mass is 16.3. The molecule has 3 rings (SSSR count). The molecule has 33 heavy (non-hydrogen) atoms. The Kier molecular flexibility index (Phi) is 6.64. The van der Waals surface area contributed by atoms with Gasteiger partial charge in [0.15, 0.2) is 0 Å². The molecular weight excluding hydrogens is 418 g/mol. The summed E-state index contributed by atoms with van der Waals surface area (Å²) in [6, 6.07) is 7.86. The van der Waals surface area contributed by atoms with E-state index in [0.717, 1.165) is 16.7 Å². The van der Waals surface area contributed by atoms with E-state index in [1.807, 2.05) is 45.0 Å². The molecule has 0 saturated heterocycles. The summed E-state index contributed by atoms with van der Waals surface area (Å²) in [5.41, 5.74) is 13.4. The smallest absolute Gasteiger partial charge is 0.281 e. The molecule has 2 aromatic heterocycles. The van der Waals surface area contributed by atoms with Crippen molar-refractivity contribution in [1.29, 1.82) is 0 Å². The number of amidine groups is 1. The Hall–Kier alpha value is -3.59. The van der Waals surface area contributed by atoms with Gasteiger partial charge in [0.2, 0.25) is 5.95 Å². The van der Waals surface area contributed by atoms with Crippen LogP contribution in [-0.2, 0) is 12.0 Å². The van der Waals surface area contributed by atoms with E-state index in [-0.39, 0.29) is 24.2 Å². The van der Waals surface area contributed by atoms with Gasteiger partial charge in [-0.15, -0.1) is 0 Å². The van der Waals surface area contributed by atoms with Gasteiger partial charge in [0, 0.05) is 24.2 Å². The number of hydrogen-bond donors (Lipinski definition) is 3. The Morgan fingerprint density at radius 2 is 1.70 bits per heavy atom. The predicted octanol–water partition coefficient (Wildman–Crippen LogP) is 2.80. The van der Waals surface area contributed by atoms with Crippen LogP contribution < -0.4 is 11.5 Å². The zero-order chi connectivity index (χ0) is 24.4. The fourth-order valence-electron chi connectivity index (χ4n) is 3.52. The first-order chi connectivity index (χ1) is 15.4. The topological polar surface area (TPSA) is 145 Å². The molecular formula is C24H31N7O2. The number of anilines is 1. The van der Waals surface area contributed by atoms with Crippen molar-refractivity contribution in [2.75, 3.05) is 5.73 Å². The maximum Gasteiger partial charge on any atom is 0.281 e. The number of amides is 1. The van der Waals surface area contributed by atoms with E-state index >= 15 is 0 Å². The Morgan fingerprint density at radius 3 is 2.24 bits per heavy atom. The molecule has 9 nitrogen and oxygen atoms in total. The van der Waals surface area contributed by atoms with Crippen LogP contribution in [0.3, 0.4) is 0 Å². The maximum atomic E-state index is 12.8. The predicted molar refractivity (Wildman–Crippen MR) is 129 cm³/mol. The van der Waals surface area contributed by atoms with Gasteiger partial charge < -0.3 is 16.6 Å². The third kappa shape index (κ3) is 5.43. The minimum atomic E-state index is -0.949. The molecule has 0 aliphatic heterocycles. The van der Waals surface area contributed by atoms with Gasteiger partial charge in [0.05, 0.1) is 29.3 Å². The van der Waals surface area contributed by atoms with Crippen molar-refractivity contribution in [2.24, 2.45) is 16.6 Å². The van der Waals surface area contributed by atoms with Crippen LogP contribution in [0.1, 0.15) is 50.5 Å². The van der Waals surface area contributed by atoms with Crippen molar-refractivity contribution in [2.45, 2.75) is 52.2 Å². The normalized spacial score (nSPS) is 14.3. The van der Waals surface area contributed by atoms with E-state index < -0.39 is 16.9 Å². The fourth-order valence-corrected chi connectivity index (χ4v) is 3.52. The number of aliphatic imine (C=N–C) groups is 1. The second-order valence-electron chi connectivity index (χ2n) is 9.31. The van der Waals surface area contributed by atoms with Gasteiger partial charge in [0.1, 0.15) is 5.84 Å². The minimum absolute atomic E-state index is 0.0673. The summed E-state index contributed by atoms with van der Waals surface area (Å²) in [4.78, 5) is 25.1. The van der Waals surface area contributed by atoms with Gasteiger partial charge in [-0.25, -0.2) is 9.97 Å². The summed E-state index contributed by atoms with van der Waals surface area (Å²) < 4.78 is 1.51. The molecule has 0 radical (unpaired) electrons. The second kappa shape index (κ2) is 9.11. The van der Waals surface area contributed by atoms with Gasteiger partial charge in [-0.1, -0.05) is 38.1 Å². The van der Waals surface area contributed by atoms with Gasteiger partial charge in [-0.2, -0.15) is 10.1 Å². The van der Waals surface area contributed by atoms with Crippen molar-refractivity contribution < 1.29 is 9.90 Å². The lowest BCUT2D eigenvalue weighted by molar-refractivity contribution is 0.0576. The van der Waals surface area contributed by atoms with E-state index in [1.165, 1.54) is 10.9 Å². The standard InChI is InChI=1S/C24H31N7O2/c1-15(2)24(5,19-8-6-16(7-9-19)17-10-27-22(26)28-11-17)21(25)30-20(32)18-12-29-31(13-18)14-23(3,4)33/h6-13,15,33H,14H2,1-5H3,(H2,25,30,32)(H2,26,27,28). The minimum Gasteiger partial charge on any atom is -0.389 e. The summed E-state index contributed by atoms with van der Waals surface area (Å²) in [6.07, 6.45) is 6.34. The van der Waals surface area contributed by atoms with Crippen molar-refractivity contribution in [3.8, 4) is 11.1 Å². The first-order valence-corrected chi connectivity index (χ1v) is 10.7.